The number of hydroxylamine groups is 2. The number of aromatic nitrogens is 2. The molecular weight excluding hydrogens is 355 g/mol. The number of hydrogen-bond acceptors (Lipinski definition) is 4. The van der Waals surface area contributed by atoms with E-state index in [1.54, 1.807) is 0 Å². The van der Waals surface area contributed by atoms with Crippen molar-refractivity contribution in [3.8, 4) is 0 Å². The number of alkyl halides is 3. The quantitative estimate of drug-likeness (QED) is 0.843. The molecule has 10 heteroatoms. The summed E-state index contributed by atoms with van der Waals surface area (Å²) in [6.07, 6.45) is 2.93. The molecule has 7 nitrogen and oxygen atoms in total. The molecule has 0 radical (unpaired) electrons. The minimum atomic E-state index is -5.08. The van der Waals surface area contributed by atoms with Crippen LogP contribution in [0, 0.1) is 0 Å². The zero-order valence-corrected chi connectivity index (χ0v) is 14.3. The lowest BCUT2D eigenvalue weighted by atomic mass is 9.94. The highest BCUT2D eigenvalue weighted by Crippen LogP contribution is 2.23. The molecule has 1 fully saturated rings. The molecule has 2 N–H and O–H groups in total. The van der Waals surface area contributed by atoms with Crippen LogP contribution in [-0.2, 0) is 33.7 Å². The van der Waals surface area contributed by atoms with Crippen molar-refractivity contribution in [1.29, 1.82) is 0 Å². The van der Waals surface area contributed by atoms with Gasteiger partial charge in [0.05, 0.1) is 12.3 Å². The summed E-state index contributed by atoms with van der Waals surface area (Å²) in [7, 11) is 0. The maximum Gasteiger partial charge on any atom is 0.490 e. The number of aromatic amines is 1. The number of rotatable bonds is 3. The van der Waals surface area contributed by atoms with Crippen LogP contribution in [0.15, 0.2) is 0 Å². The van der Waals surface area contributed by atoms with Gasteiger partial charge in [0.15, 0.2) is 0 Å². The maximum absolute atomic E-state index is 12.0. The molecule has 1 aliphatic carbocycles. The predicted octanol–water partition coefficient (Wildman–Crippen LogP) is 2.41. The van der Waals surface area contributed by atoms with Crippen LogP contribution in [0.2, 0.25) is 0 Å². The lowest BCUT2D eigenvalue weighted by Crippen LogP contribution is -2.35. The number of aliphatic carboxylic acids is 1. The minimum absolute atomic E-state index is 0.0901. The third-order valence-electron chi connectivity index (χ3n) is 4.24. The summed E-state index contributed by atoms with van der Waals surface area (Å²) in [5, 5.41) is 16.2. The molecular formula is C16H22F3N3O4. The molecule has 2 heterocycles. The minimum Gasteiger partial charge on any atom is -0.475 e. The first-order chi connectivity index (χ1) is 12.3. The number of nitrogens with zero attached hydrogens (tertiary/aromatic N) is 2. The highest BCUT2D eigenvalue weighted by atomic mass is 19.4. The summed E-state index contributed by atoms with van der Waals surface area (Å²) < 4.78 is 31.7. The Balaban J connectivity index is 0.000000298. The number of carboxylic acid groups (broad SMARTS) is 1. The van der Waals surface area contributed by atoms with E-state index < -0.39 is 12.1 Å². The van der Waals surface area contributed by atoms with Gasteiger partial charge < -0.3 is 5.11 Å². The monoisotopic (exact) mass is 377 g/mol. The molecule has 2 aliphatic rings. The summed E-state index contributed by atoms with van der Waals surface area (Å²) in [4.78, 5) is 26.3. The van der Waals surface area contributed by atoms with Gasteiger partial charge in [-0.15, -0.1) is 0 Å². The highest BCUT2D eigenvalue weighted by Gasteiger charge is 2.38. The second kappa shape index (κ2) is 9.02. The molecule has 26 heavy (non-hydrogen) atoms. The Kier molecular flexibility index (Phi) is 7.01. The molecule has 1 aliphatic heterocycles. The van der Waals surface area contributed by atoms with Crippen molar-refractivity contribution in [3.63, 3.8) is 0 Å². The predicted molar refractivity (Wildman–Crippen MR) is 84.1 cm³/mol. The number of amides is 1. The standard InChI is InChI=1S/C14H21N3O2.C2HF3O2/c18-14(17-9-3-4-10-19-17)8-7-13-11-5-1-2-6-12(11)15-16-13;3-2(4,5)1(6)7/h1-10H2,(H,15,16);(H,6,7). The van der Waals surface area contributed by atoms with Crippen LogP contribution in [0.4, 0.5) is 13.2 Å². The Morgan fingerprint density at radius 2 is 1.88 bits per heavy atom. The molecule has 0 atom stereocenters. The van der Waals surface area contributed by atoms with Crippen LogP contribution in [-0.4, -0.2) is 51.6 Å². The Morgan fingerprint density at radius 3 is 2.50 bits per heavy atom. The SMILES string of the molecule is O=C(CCc1n[nH]c2c1CCCC2)N1CCCCO1.O=C(O)C(F)(F)F. The summed E-state index contributed by atoms with van der Waals surface area (Å²) in [6, 6.07) is 0. The average molecular weight is 377 g/mol. The number of aryl methyl sites for hydroxylation is 2. The third-order valence-corrected chi connectivity index (χ3v) is 4.24. The van der Waals surface area contributed by atoms with E-state index in [9.17, 15) is 18.0 Å². The molecule has 0 aromatic carbocycles. The topological polar surface area (TPSA) is 95.5 Å². The van der Waals surface area contributed by atoms with Gasteiger partial charge >= 0.3 is 12.1 Å². The summed E-state index contributed by atoms with van der Waals surface area (Å²) >= 11 is 0. The third kappa shape index (κ3) is 5.72. The lowest BCUT2D eigenvalue weighted by molar-refractivity contribution is -0.197. The zero-order chi connectivity index (χ0) is 19.2. The largest absolute Gasteiger partial charge is 0.490 e. The van der Waals surface area contributed by atoms with Crippen molar-refractivity contribution in [3.05, 3.63) is 17.0 Å². The highest BCUT2D eigenvalue weighted by molar-refractivity contribution is 5.75. The Labute approximate surface area is 148 Å². The summed E-state index contributed by atoms with van der Waals surface area (Å²) in [5.41, 5.74) is 3.72. The molecule has 146 valence electrons. The van der Waals surface area contributed by atoms with Crippen molar-refractivity contribution in [1.82, 2.24) is 15.3 Å². The van der Waals surface area contributed by atoms with Gasteiger partial charge in [-0.1, -0.05) is 0 Å². The van der Waals surface area contributed by atoms with Gasteiger partial charge in [-0.05, 0) is 44.1 Å². The molecule has 0 unspecified atom stereocenters. The van der Waals surface area contributed by atoms with Gasteiger partial charge in [-0.2, -0.15) is 18.3 Å². The van der Waals surface area contributed by atoms with Gasteiger partial charge in [0, 0.05) is 25.1 Å². The number of nitrogens with one attached hydrogen (secondary N) is 1. The van der Waals surface area contributed by atoms with E-state index in [4.69, 9.17) is 14.7 Å². The Hall–Kier alpha value is -2.10. The van der Waals surface area contributed by atoms with Crippen LogP contribution in [0.3, 0.4) is 0 Å². The van der Waals surface area contributed by atoms with E-state index in [1.807, 2.05) is 0 Å². The zero-order valence-electron chi connectivity index (χ0n) is 14.3. The Bertz CT molecular complexity index is 625. The number of hydrogen-bond donors (Lipinski definition) is 2. The van der Waals surface area contributed by atoms with Gasteiger partial charge in [0.2, 0.25) is 5.91 Å². The maximum atomic E-state index is 12.0. The molecule has 1 aromatic rings. The Morgan fingerprint density at radius 1 is 1.19 bits per heavy atom. The molecule has 0 bridgehead atoms. The number of halogens is 3. The van der Waals surface area contributed by atoms with E-state index in [0.29, 0.717) is 13.0 Å². The van der Waals surface area contributed by atoms with E-state index >= 15 is 0 Å². The first-order valence-electron chi connectivity index (χ1n) is 8.57. The van der Waals surface area contributed by atoms with E-state index in [0.717, 1.165) is 44.3 Å². The van der Waals surface area contributed by atoms with E-state index in [2.05, 4.69) is 10.2 Å². The molecule has 0 saturated carbocycles. The second-order valence-corrected chi connectivity index (χ2v) is 6.17. The van der Waals surface area contributed by atoms with Gasteiger partial charge in [-0.25, -0.2) is 9.86 Å². The molecule has 0 spiro atoms. The summed E-state index contributed by atoms with van der Waals surface area (Å²) in [5.74, 6) is -2.67. The normalized spacial score (nSPS) is 17.1. The molecule has 1 amide bonds. The molecule has 3 rings (SSSR count). The fourth-order valence-corrected chi connectivity index (χ4v) is 2.90. The van der Waals surface area contributed by atoms with Crippen LogP contribution in [0.25, 0.3) is 0 Å². The van der Waals surface area contributed by atoms with Gasteiger partial charge in [0.1, 0.15) is 0 Å². The second-order valence-electron chi connectivity index (χ2n) is 6.17. The van der Waals surface area contributed by atoms with Gasteiger partial charge in [-0.3, -0.25) is 14.7 Å². The lowest BCUT2D eigenvalue weighted by Gasteiger charge is -2.25. The van der Waals surface area contributed by atoms with Crippen molar-refractivity contribution in [2.45, 2.75) is 57.5 Å². The first kappa shape index (κ1) is 20.2. The average Bonchev–Trinajstić information content (AvgIpc) is 3.03. The van der Waals surface area contributed by atoms with Crippen LogP contribution < -0.4 is 0 Å². The number of carbonyl (C=O) groups is 2. The van der Waals surface area contributed by atoms with Crippen molar-refractivity contribution in [2.24, 2.45) is 0 Å². The number of carbonyl (C=O) groups excluding carboxylic acids is 1. The van der Waals surface area contributed by atoms with Gasteiger partial charge in [0.25, 0.3) is 0 Å². The molecule has 1 saturated heterocycles. The fourth-order valence-electron chi connectivity index (χ4n) is 2.90. The van der Waals surface area contributed by atoms with E-state index in [-0.39, 0.29) is 5.91 Å². The van der Waals surface area contributed by atoms with Crippen molar-refractivity contribution >= 4 is 11.9 Å². The summed E-state index contributed by atoms with van der Waals surface area (Å²) in [6.45, 7) is 1.40. The van der Waals surface area contributed by atoms with Crippen LogP contribution in [0.5, 0.6) is 0 Å². The van der Waals surface area contributed by atoms with Crippen molar-refractivity contribution in [2.75, 3.05) is 13.2 Å². The fraction of sp³-hybridized carbons (Fsp3) is 0.688. The number of carboxylic acids is 1. The van der Waals surface area contributed by atoms with Crippen molar-refractivity contribution < 1.29 is 32.7 Å². The van der Waals surface area contributed by atoms with E-state index in [1.165, 1.54) is 29.2 Å². The number of H-pyrrole nitrogens is 1. The number of fused-ring (bicyclic) bond motifs is 1. The van der Waals surface area contributed by atoms with Crippen LogP contribution in [0.1, 0.15) is 49.1 Å². The molecule has 1 aromatic heterocycles. The smallest absolute Gasteiger partial charge is 0.475 e. The first-order valence-corrected chi connectivity index (χ1v) is 8.57. The van der Waals surface area contributed by atoms with Crippen LogP contribution >= 0.6 is 0 Å².